The number of rotatable bonds is 3. The Bertz CT molecular complexity index is 156. The van der Waals surface area contributed by atoms with Crippen molar-refractivity contribution in [3.05, 3.63) is 0 Å². The van der Waals surface area contributed by atoms with Crippen molar-refractivity contribution in [2.45, 2.75) is 46.1 Å². The third kappa shape index (κ3) is 2.20. The van der Waals surface area contributed by atoms with Crippen molar-refractivity contribution in [3.8, 4) is 0 Å². The molecule has 1 fully saturated rings. The lowest BCUT2D eigenvalue weighted by Crippen LogP contribution is -2.32. The number of aliphatic hydroxyl groups excluding tert-OH is 1. The van der Waals surface area contributed by atoms with Crippen molar-refractivity contribution < 1.29 is 5.11 Å². The van der Waals surface area contributed by atoms with Crippen LogP contribution in [-0.4, -0.2) is 17.8 Å². The molecule has 72 valence electrons. The molecule has 0 bridgehead atoms. The first-order valence-electron chi connectivity index (χ1n) is 4.78. The predicted molar refractivity (Wildman–Crippen MR) is 50.8 cm³/mol. The molecule has 0 heterocycles. The standard InChI is InChI=1S/C10H21NO/c1-9(2,3)6-8(12)10(7-11)4-5-10/h8,12H,4-7,11H2,1-3H3. The lowest BCUT2D eigenvalue weighted by atomic mass is 9.83. The van der Waals surface area contributed by atoms with Gasteiger partial charge in [-0.25, -0.2) is 0 Å². The Morgan fingerprint density at radius 2 is 1.92 bits per heavy atom. The van der Waals surface area contributed by atoms with Crippen molar-refractivity contribution in [1.29, 1.82) is 0 Å². The molecule has 2 nitrogen and oxygen atoms in total. The van der Waals surface area contributed by atoms with E-state index in [-0.39, 0.29) is 16.9 Å². The minimum Gasteiger partial charge on any atom is -0.392 e. The van der Waals surface area contributed by atoms with Gasteiger partial charge in [0.1, 0.15) is 0 Å². The average molecular weight is 171 g/mol. The Morgan fingerprint density at radius 3 is 2.17 bits per heavy atom. The van der Waals surface area contributed by atoms with Gasteiger partial charge >= 0.3 is 0 Å². The van der Waals surface area contributed by atoms with Crippen LogP contribution in [0.1, 0.15) is 40.0 Å². The van der Waals surface area contributed by atoms with Gasteiger partial charge in [-0.05, 0) is 24.7 Å². The SMILES string of the molecule is CC(C)(C)CC(O)C1(CN)CC1. The van der Waals surface area contributed by atoms with Crippen LogP contribution in [0.5, 0.6) is 0 Å². The molecule has 0 amide bonds. The van der Waals surface area contributed by atoms with Crippen LogP contribution < -0.4 is 5.73 Å². The second-order valence-corrected chi connectivity index (χ2v) is 5.35. The second-order valence-electron chi connectivity index (χ2n) is 5.35. The summed E-state index contributed by atoms with van der Waals surface area (Å²) in [7, 11) is 0. The molecule has 1 saturated carbocycles. The van der Waals surface area contributed by atoms with E-state index in [9.17, 15) is 5.11 Å². The quantitative estimate of drug-likeness (QED) is 0.676. The summed E-state index contributed by atoms with van der Waals surface area (Å²) in [5.41, 5.74) is 5.93. The van der Waals surface area contributed by atoms with Crippen LogP contribution in [-0.2, 0) is 0 Å². The highest BCUT2D eigenvalue weighted by atomic mass is 16.3. The van der Waals surface area contributed by atoms with Crippen molar-refractivity contribution in [2.75, 3.05) is 6.54 Å². The minimum absolute atomic E-state index is 0.0906. The fourth-order valence-corrected chi connectivity index (χ4v) is 1.63. The van der Waals surface area contributed by atoms with E-state index in [1.54, 1.807) is 0 Å². The van der Waals surface area contributed by atoms with Gasteiger partial charge in [-0.1, -0.05) is 20.8 Å². The molecule has 0 aromatic rings. The van der Waals surface area contributed by atoms with Crippen molar-refractivity contribution in [1.82, 2.24) is 0 Å². The van der Waals surface area contributed by atoms with Gasteiger partial charge in [-0.15, -0.1) is 0 Å². The Hall–Kier alpha value is -0.0800. The number of hydrogen-bond acceptors (Lipinski definition) is 2. The summed E-state index contributed by atoms with van der Waals surface area (Å²) >= 11 is 0. The van der Waals surface area contributed by atoms with Crippen LogP contribution in [0.25, 0.3) is 0 Å². The predicted octanol–water partition coefficient (Wildman–Crippen LogP) is 1.52. The summed E-state index contributed by atoms with van der Waals surface area (Å²) in [6.45, 7) is 7.11. The van der Waals surface area contributed by atoms with Gasteiger partial charge in [0, 0.05) is 12.0 Å². The van der Waals surface area contributed by atoms with E-state index >= 15 is 0 Å². The Labute approximate surface area is 75.2 Å². The van der Waals surface area contributed by atoms with Crippen LogP contribution in [0.3, 0.4) is 0 Å². The molecule has 0 aliphatic heterocycles. The fraction of sp³-hybridized carbons (Fsp3) is 1.00. The molecule has 1 aliphatic carbocycles. The van der Waals surface area contributed by atoms with Gasteiger partial charge in [0.15, 0.2) is 0 Å². The van der Waals surface area contributed by atoms with E-state index in [2.05, 4.69) is 20.8 Å². The van der Waals surface area contributed by atoms with Gasteiger partial charge in [-0.3, -0.25) is 0 Å². The van der Waals surface area contributed by atoms with Gasteiger partial charge in [-0.2, -0.15) is 0 Å². The lowest BCUT2D eigenvalue weighted by Gasteiger charge is -2.27. The zero-order valence-corrected chi connectivity index (χ0v) is 8.43. The Morgan fingerprint density at radius 1 is 1.42 bits per heavy atom. The van der Waals surface area contributed by atoms with Crippen LogP contribution in [0.2, 0.25) is 0 Å². The number of nitrogens with two attached hydrogens (primary N) is 1. The number of hydrogen-bond donors (Lipinski definition) is 2. The molecule has 12 heavy (non-hydrogen) atoms. The molecule has 0 aromatic heterocycles. The molecular formula is C10H21NO. The third-order valence-corrected chi connectivity index (χ3v) is 2.81. The Balaban J connectivity index is 2.43. The average Bonchev–Trinajstić information content (AvgIpc) is 2.62. The van der Waals surface area contributed by atoms with Crippen molar-refractivity contribution in [3.63, 3.8) is 0 Å². The molecule has 3 N–H and O–H groups in total. The van der Waals surface area contributed by atoms with E-state index in [0.29, 0.717) is 6.54 Å². The number of aliphatic hydroxyl groups is 1. The first-order valence-corrected chi connectivity index (χ1v) is 4.78. The highest BCUT2D eigenvalue weighted by Crippen LogP contribution is 2.50. The van der Waals surface area contributed by atoms with E-state index < -0.39 is 0 Å². The van der Waals surface area contributed by atoms with E-state index in [4.69, 9.17) is 5.73 Å². The smallest absolute Gasteiger partial charge is 0.0613 e. The molecule has 1 unspecified atom stereocenters. The first kappa shape index (κ1) is 10.0. The largest absolute Gasteiger partial charge is 0.392 e. The molecule has 0 saturated heterocycles. The minimum atomic E-state index is -0.192. The summed E-state index contributed by atoms with van der Waals surface area (Å²) in [6.07, 6.45) is 2.90. The van der Waals surface area contributed by atoms with E-state index in [0.717, 1.165) is 19.3 Å². The summed E-state index contributed by atoms with van der Waals surface area (Å²) < 4.78 is 0. The fourth-order valence-electron chi connectivity index (χ4n) is 1.63. The van der Waals surface area contributed by atoms with E-state index in [1.165, 1.54) is 0 Å². The highest BCUT2D eigenvalue weighted by Gasteiger charge is 2.48. The lowest BCUT2D eigenvalue weighted by molar-refractivity contribution is 0.0569. The monoisotopic (exact) mass is 171 g/mol. The summed E-state index contributed by atoms with van der Waals surface area (Å²) in [4.78, 5) is 0. The summed E-state index contributed by atoms with van der Waals surface area (Å²) in [5.74, 6) is 0. The Kier molecular flexibility index (Phi) is 2.50. The second kappa shape index (κ2) is 3.00. The first-order chi connectivity index (χ1) is 5.40. The summed E-state index contributed by atoms with van der Waals surface area (Å²) in [6, 6.07) is 0. The zero-order valence-electron chi connectivity index (χ0n) is 8.43. The normalized spacial score (nSPS) is 23.8. The molecule has 2 heteroatoms. The van der Waals surface area contributed by atoms with Crippen LogP contribution >= 0.6 is 0 Å². The van der Waals surface area contributed by atoms with Crippen molar-refractivity contribution in [2.24, 2.45) is 16.6 Å². The van der Waals surface area contributed by atoms with Gasteiger partial charge in [0.25, 0.3) is 0 Å². The molecule has 0 aromatic carbocycles. The third-order valence-electron chi connectivity index (χ3n) is 2.81. The maximum Gasteiger partial charge on any atom is 0.0613 e. The van der Waals surface area contributed by atoms with E-state index in [1.807, 2.05) is 0 Å². The zero-order chi connectivity index (χ0) is 9.41. The van der Waals surface area contributed by atoms with Crippen LogP contribution in [0, 0.1) is 10.8 Å². The summed E-state index contributed by atoms with van der Waals surface area (Å²) in [5, 5.41) is 9.90. The van der Waals surface area contributed by atoms with Crippen molar-refractivity contribution >= 4 is 0 Å². The molecular weight excluding hydrogens is 150 g/mol. The van der Waals surface area contributed by atoms with Crippen LogP contribution in [0.15, 0.2) is 0 Å². The molecule has 0 radical (unpaired) electrons. The maximum absolute atomic E-state index is 9.90. The van der Waals surface area contributed by atoms with Gasteiger partial charge in [0.2, 0.25) is 0 Å². The van der Waals surface area contributed by atoms with Gasteiger partial charge < -0.3 is 10.8 Å². The van der Waals surface area contributed by atoms with Gasteiger partial charge in [0.05, 0.1) is 6.10 Å². The molecule has 1 rings (SSSR count). The van der Waals surface area contributed by atoms with Crippen LogP contribution in [0.4, 0.5) is 0 Å². The molecule has 0 spiro atoms. The molecule has 1 aliphatic rings. The topological polar surface area (TPSA) is 46.2 Å². The molecule has 1 atom stereocenters. The maximum atomic E-state index is 9.90. The highest BCUT2D eigenvalue weighted by molar-refractivity contribution is 5.00.